The van der Waals surface area contributed by atoms with Crippen LogP contribution >= 0.6 is 0 Å². The SMILES string of the molecule is CCOC(=O)[C@H](C)N1C[C@@H](C)O[C@@H](C2CC2)C1. The molecule has 1 saturated carbocycles. The summed E-state index contributed by atoms with van der Waals surface area (Å²) in [5.41, 5.74) is 0. The Labute approximate surface area is 103 Å². The van der Waals surface area contributed by atoms with E-state index in [0.717, 1.165) is 19.0 Å². The molecule has 0 aromatic rings. The Hall–Kier alpha value is -0.610. The minimum Gasteiger partial charge on any atom is -0.465 e. The number of esters is 1. The predicted octanol–water partition coefficient (Wildman–Crippen LogP) is 1.44. The fraction of sp³-hybridized carbons (Fsp3) is 0.923. The highest BCUT2D eigenvalue weighted by Crippen LogP contribution is 2.36. The van der Waals surface area contributed by atoms with E-state index in [0.29, 0.717) is 12.7 Å². The number of morpholine rings is 1. The first-order chi connectivity index (χ1) is 8.11. The fourth-order valence-corrected chi connectivity index (χ4v) is 2.48. The van der Waals surface area contributed by atoms with E-state index in [2.05, 4.69) is 11.8 Å². The van der Waals surface area contributed by atoms with Crippen LogP contribution in [-0.4, -0.2) is 48.8 Å². The lowest BCUT2D eigenvalue weighted by molar-refractivity contribution is -0.155. The average Bonchev–Trinajstić information content (AvgIpc) is 3.11. The zero-order chi connectivity index (χ0) is 12.4. The summed E-state index contributed by atoms with van der Waals surface area (Å²) >= 11 is 0. The number of hydrogen-bond acceptors (Lipinski definition) is 4. The number of ether oxygens (including phenoxy) is 2. The lowest BCUT2D eigenvalue weighted by Crippen LogP contribution is -2.53. The van der Waals surface area contributed by atoms with Crippen LogP contribution in [0, 0.1) is 5.92 Å². The maximum absolute atomic E-state index is 11.7. The van der Waals surface area contributed by atoms with Gasteiger partial charge in [0.2, 0.25) is 0 Å². The number of carbonyl (C=O) groups is 1. The summed E-state index contributed by atoms with van der Waals surface area (Å²) in [6.07, 6.45) is 3.08. The molecule has 0 bridgehead atoms. The first-order valence-electron chi connectivity index (χ1n) is 6.68. The van der Waals surface area contributed by atoms with E-state index in [9.17, 15) is 4.79 Å². The first-order valence-corrected chi connectivity index (χ1v) is 6.68. The van der Waals surface area contributed by atoms with Crippen LogP contribution in [0.2, 0.25) is 0 Å². The van der Waals surface area contributed by atoms with Gasteiger partial charge in [-0.2, -0.15) is 0 Å². The van der Waals surface area contributed by atoms with E-state index < -0.39 is 0 Å². The van der Waals surface area contributed by atoms with Gasteiger partial charge >= 0.3 is 5.97 Å². The molecule has 3 atom stereocenters. The summed E-state index contributed by atoms with van der Waals surface area (Å²) in [7, 11) is 0. The molecule has 4 nitrogen and oxygen atoms in total. The highest BCUT2D eigenvalue weighted by Gasteiger charge is 2.39. The molecule has 17 heavy (non-hydrogen) atoms. The standard InChI is InChI=1S/C13H23NO3/c1-4-16-13(15)10(3)14-7-9(2)17-12(8-14)11-5-6-11/h9-12H,4-8H2,1-3H3/t9-,10+,12-/m1/s1. The summed E-state index contributed by atoms with van der Waals surface area (Å²) < 4.78 is 11.0. The minimum atomic E-state index is -0.150. The summed E-state index contributed by atoms with van der Waals surface area (Å²) in [6.45, 7) is 8.01. The van der Waals surface area contributed by atoms with E-state index in [-0.39, 0.29) is 18.1 Å². The number of carbonyl (C=O) groups excluding carboxylic acids is 1. The van der Waals surface area contributed by atoms with Gasteiger partial charge in [-0.05, 0) is 39.5 Å². The lowest BCUT2D eigenvalue weighted by atomic mass is 10.1. The quantitative estimate of drug-likeness (QED) is 0.698. The second-order valence-corrected chi connectivity index (χ2v) is 5.20. The van der Waals surface area contributed by atoms with Gasteiger partial charge in [0, 0.05) is 13.1 Å². The maximum Gasteiger partial charge on any atom is 0.323 e. The van der Waals surface area contributed by atoms with Crippen LogP contribution in [0.15, 0.2) is 0 Å². The van der Waals surface area contributed by atoms with Crippen LogP contribution in [0.3, 0.4) is 0 Å². The Kier molecular flexibility index (Phi) is 4.05. The Morgan fingerprint density at radius 2 is 2.18 bits per heavy atom. The van der Waals surface area contributed by atoms with Crippen molar-refractivity contribution in [1.82, 2.24) is 4.90 Å². The molecule has 1 saturated heterocycles. The van der Waals surface area contributed by atoms with Crippen LogP contribution in [0.1, 0.15) is 33.6 Å². The molecule has 0 aromatic heterocycles. The van der Waals surface area contributed by atoms with Crippen LogP contribution in [0.4, 0.5) is 0 Å². The number of hydrogen-bond donors (Lipinski definition) is 0. The van der Waals surface area contributed by atoms with Gasteiger partial charge in [0.25, 0.3) is 0 Å². The lowest BCUT2D eigenvalue weighted by Gasteiger charge is -2.39. The van der Waals surface area contributed by atoms with E-state index in [1.54, 1.807) is 0 Å². The third kappa shape index (κ3) is 3.19. The molecule has 98 valence electrons. The zero-order valence-electron chi connectivity index (χ0n) is 11.0. The van der Waals surface area contributed by atoms with Crippen molar-refractivity contribution in [2.45, 2.75) is 51.9 Å². The van der Waals surface area contributed by atoms with Gasteiger partial charge in [-0.25, -0.2) is 0 Å². The largest absolute Gasteiger partial charge is 0.465 e. The third-order valence-corrected chi connectivity index (χ3v) is 3.64. The van der Waals surface area contributed by atoms with Gasteiger partial charge in [-0.15, -0.1) is 0 Å². The molecular formula is C13H23NO3. The molecule has 2 rings (SSSR count). The number of nitrogens with zero attached hydrogens (tertiary/aromatic N) is 1. The van der Waals surface area contributed by atoms with Crippen molar-refractivity contribution in [3.8, 4) is 0 Å². The van der Waals surface area contributed by atoms with E-state index >= 15 is 0 Å². The van der Waals surface area contributed by atoms with Crippen LogP contribution in [0.5, 0.6) is 0 Å². The summed E-state index contributed by atoms with van der Waals surface area (Å²) in [5, 5.41) is 0. The van der Waals surface area contributed by atoms with Gasteiger partial charge in [0.05, 0.1) is 18.8 Å². The average molecular weight is 241 g/mol. The Balaban J connectivity index is 1.92. The van der Waals surface area contributed by atoms with Crippen LogP contribution in [0.25, 0.3) is 0 Å². The molecule has 0 spiro atoms. The molecule has 0 aromatic carbocycles. The second-order valence-electron chi connectivity index (χ2n) is 5.20. The smallest absolute Gasteiger partial charge is 0.323 e. The van der Waals surface area contributed by atoms with E-state index in [1.807, 2.05) is 13.8 Å². The normalized spacial score (nSPS) is 32.2. The van der Waals surface area contributed by atoms with Gasteiger partial charge < -0.3 is 9.47 Å². The van der Waals surface area contributed by atoms with Crippen molar-refractivity contribution >= 4 is 5.97 Å². The van der Waals surface area contributed by atoms with Gasteiger partial charge in [-0.3, -0.25) is 9.69 Å². The van der Waals surface area contributed by atoms with Gasteiger partial charge in [-0.1, -0.05) is 0 Å². The monoisotopic (exact) mass is 241 g/mol. The highest BCUT2D eigenvalue weighted by atomic mass is 16.5. The summed E-state index contributed by atoms with van der Waals surface area (Å²) in [5.74, 6) is 0.603. The molecule has 4 heteroatoms. The van der Waals surface area contributed by atoms with Crippen LogP contribution in [-0.2, 0) is 14.3 Å². The Morgan fingerprint density at radius 3 is 2.76 bits per heavy atom. The molecule has 1 heterocycles. The number of rotatable bonds is 4. The van der Waals surface area contributed by atoms with Gasteiger partial charge in [0.1, 0.15) is 6.04 Å². The van der Waals surface area contributed by atoms with Crippen molar-refractivity contribution in [2.24, 2.45) is 5.92 Å². The molecule has 0 amide bonds. The van der Waals surface area contributed by atoms with E-state index in [1.165, 1.54) is 12.8 Å². The van der Waals surface area contributed by atoms with Crippen molar-refractivity contribution in [3.05, 3.63) is 0 Å². The zero-order valence-corrected chi connectivity index (χ0v) is 11.0. The molecule has 0 N–H and O–H groups in total. The van der Waals surface area contributed by atoms with Crippen molar-refractivity contribution in [1.29, 1.82) is 0 Å². The molecule has 0 unspecified atom stereocenters. The molecule has 2 aliphatic rings. The predicted molar refractivity (Wildman–Crippen MR) is 64.7 cm³/mol. The van der Waals surface area contributed by atoms with E-state index in [4.69, 9.17) is 9.47 Å². The van der Waals surface area contributed by atoms with Crippen molar-refractivity contribution < 1.29 is 14.3 Å². The fourth-order valence-electron chi connectivity index (χ4n) is 2.48. The van der Waals surface area contributed by atoms with Gasteiger partial charge in [0.15, 0.2) is 0 Å². The molecular weight excluding hydrogens is 218 g/mol. The minimum absolute atomic E-state index is 0.115. The molecule has 1 aliphatic carbocycles. The maximum atomic E-state index is 11.7. The topological polar surface area (TPSA) is 38.8 Å². The van der Waals surface area contributed by atoms with Crippen molar-refractivity contribution in [2.75, 3.05) is 19.7 Å². The highest BCUT2D eigenvalue weighted by molar-refractivity contribution is 5.75. The molecule has 2 fully saturated rings. The van der Waals surface area contributed by atoms with Crippen molar-refractivity contribution in [3.63, 3.8) is 0 Å². The third-order valence-electron chi connectivity index (χ3n) is 3.64. The Bertz CT molecular complexity index is 278. The second kappa shape index (κ2) is 5.36. The molecule has 0 radical (unpaired) electrons. The van der Waals surface area contributed by atoms with Crippen LogP contribution < -0.4 is 0 Å². The first kappa shape index (κ1) is 12.8. The molecule has 1 aliphatic heterocycles. The summed E-state index contributed by atoms with van der Waals surface area (Å²) in [4.78, 5) is 13.9. The Morgan fingerprint density at radius 1 is 1.47 bits per heavy atom. The summed E-state index contributed by atoms with van der Waals surface area (Å²) in [6, 6.07) is -0.150.